The normalized spacial score (nSPS) is 19.7. The fourth-order valence-electron chi connectivity index (χ4n) is 2.74. The number of fused-ring (bicyclic) bond motifs is 1. The molecule has 0 fully saturated rings. The van der Waals surface area contributed by atoms with E-state index in [0.29, 0.717) is 0 Å². The summed E-state index contributed by atoms with van der Waals surface area (Å²) in [7, 11) is -3.51. The van der Waals surface area contributed by atoms with Crippen LogP contribution in [0.1, 0.15) is 58.0 Å². The Labute approximate surface area is 115 Å². The van der Waals surface area contributed by atoms with Gasteiger partial charge in [-0.05, 0) is 32.6 Å². The minimum atomic E-state index is -3.51. The van der Waals surface area contributed by atoms with Gasteiger partial charge in [0.2, 0.25) is 0 Å². The molecule has 1 aromatic heterocycles. The molecule has 1 aliphatic rings. The predicted molar refractivity (Wildman–Crippen MR) is 74.7 cm³/mol. The average Bonchev–Trinajstić information content (AvgIpc) is 2.68. The van der Waals surface area contributed by atoms with Gasteiger partial charge in [-0.1, -0.05) is 13.8 Å². The highest BCUT2D eigenvalue weighted by atomic mass is 32.2. The average molecular weight is 285 g/mol. The van der Waals surface area contributed by atoms with Crippen molar-refractivity contribution in [1.29, 1.82) is 0 Å². The second-order valence-corrected chi connectivity index (χ2v) is 7.17. The highest BCUT2D eigenvalue weighted by Crippen LogP contribution is 2.33. The number of sulfonamides is 1. The largest absolute Gasteiger partial charge is 0.330 e. The maximum Gasteiger partial charge on any atom is 0.260 e. The van der Waals surface area contributed by atoms with Crippen LogP contribution >= 0.6 is 0 Å². The van der Waals surface area contributed by atoms with Crippen LogP contribution in [-0.2, 0) is 23.0 Å². The Morgan fingerprint density at radius 1 is 1.47 bits per heavy atom. The van der Waals surface area contributed by atoms with Crippen molar-refractivity contribution in [2.45, 2.75) is 70.5 Å². The van der Waals surface area contributed by atoms with Crippen molar-refractivity contribution in [3.05, 3.63) is 11.5 Å². The smallest absolute Gasteiger partial charge is 0.260 e. The zero-order valence-electron chi connectivity index (χ0n) is 12.1. The molecular formula is C13H23N3O2S. The molecule has 1 atom stereocenters. The Morgan fingerprint density at radius 2 is 2.16 bits per heavy atom. The topological polar surface area (TPSA) is 64.0 Å². The fourth-order valence-corrected chi connectivity index (χ4v) is 4.29. The predicted octanol–water partition coefficient (Wildman–Crippen LogP) is 2.03. The lowest BCUT2D eigenvalue weighted by molar-refractivity contribution is 0.456. The first kappa shape index (κ1) is 14.5. The van der Waals surface area contributed by atoms with Crippen LogP contribution in [0.25, 0.3) is 0 Å². The first-order valence-electron chi connectivity index (χ1n) is 6.98. The molecule has 1 aromatic rings. The molecule has 108 valence electrons. The summed E-state index contributed by atoms with van der Waals surface area (Å²) in [5.74, 6) is 1.13. The monoisotopic (exact) mass is 285 g/mol. The highest BCUT2D eigenvalue weighted by Gasteiger charge is 2.31. The zero-order chi connectivity index (χ0) is 14.2. The number of aryl methyl sites for hydroxylation is 1. The number of nitrogens with one attached hydrogen (secondary N) is 1. The lowest BCUT2D eigenvalue weighted by Crippen LogP contribution is -2.31. The molecule has 0 saturated heterocycles. The molecule has 0 bridgehead atoms. The van der Waals surface area contributed by atoms with E-state index in [1.807, 2.05) is 20.8 Å². The zero-order valence-corrected chi connectivity index (χ0v) is 12.9. The third kappa shape index (κ3) is 2.69. The van der Waals surface area contributed by atoms with Gasteiger partial charge in [-0.25, -0.2) is 18.1 Å². The van der Waals surface area contributed by atoms with Gasteiger partial charge in [-0.15, -0.1) is 0 Å². The molecule has 0 aliphatic carbocycles. The van der Waals surface area contributed by atoms with Gasteiger partial charge >= 0.3 is 0 Å². The molecule has 19 heavy (non-hydrogen) atoms. The highest BCUT2D eigenvalue weighted by molar-refractivity contribution is 7.89. The Kier molecular flexibility index (Phi) is 4.01. The van der Waals surface area contributed by atoms with Crippen LogP contribution in [-0.4, -0.2) is 24.0 Å². The van der Waals surface area contributed by atoms with Crippen molar-refractivity contribution < 1.29 is 8.42 Å². The Hall–Kier alpha value is -0.880. The first-order valence-corrected chi connectivity index (χ1v) is 8.46. The van der Waals surface area contributed by atoms with Gasteiger partial charge in [0.25, 0.3) is 10.0 Å². The number of hydrogen-bond acceptors (Lipinski definition) is 3. The molecule has 1 N–H and O–H groups in total. The third-order valence-corrected chi connectivity index (χ3v) is 5.09. The van der Waals surface area contributed by atoms with E-state index in [1.165, 1.54) is 0 Å². The lowest BCUT2D eigenvalue weighted by atomic mass is 9.98. The van der Waals surface area contributed by atoms with Crippen molar-refractivity contribution in [1.82, 2.24) is 14.3 Å². The molecule has 0 spiro atoms. The molecule has 1 unspecified atom stereocenters. The van der Waals surface area contributed by atoms with Crippen LogP contribution in [0.5, 0.6) is 0 Å². The molecule has 0 aromatic carbocycles. The van der Waals surface area contributed by atoms with Crippen molar-refractivity contribution in [3.8, 4) is 0 Å². The summed E-state index contributed by atoms with van der Waals surface area (Å²) in [4.78, 5) is 4.40. The van der Waals surface area contributed by atoms with Crippen LogP contribution < -0.4 is 4.72 Å². The second kappa shape index (κ2) is 5.25. The fraction of sp³-hybridized carbons (Fsp3) is 0.769. The van der Waals surface area contributed by atoms with Crippen molar-refractivity contribution >= 4 is 10.0 Å². The molecule has 1 aliphatic heterocycles. The van der Waals surface area contributed by atoms with Crippen LogP contribution in [0.15, 0.2) is 5.03 Å². The Morgan fingerprint density at radius 3 is 2.74 bits per heavy atom. The minimum absolute atomic E-state index is 0.119. The quantitative estimate of drug-likeness (QED) is 0.920. The Bertz CT molecular complexity index is 561. The van der Waals surface area contributed by atoms with Gasteiger partial charge < -0.3 is 4.57 Å². The van der Waals surface area contributed by atoms with Gasteiger partial charge in [0.1, 0.15) is 5.82 Å². The van der Waals surface area contributed by atoms with E-state index in [9.17, 15) is 8.42 Å². The van der Waals surface area contributed by atoms with E-state index < -0.39 is 10.0 Å². The first-order chi connectivity index (χ1) is 8.86. The molecule has 6 heteroatoms. The molecule has 2 rings (SSSR count). The minimum Gasteiger partial charge on any atom is -0.330 e. The van der Waals surface area contributed by atoms with Gasteiger partial charge in [-0.2, -0.15) is 0 Å². The summed E-state index contributed by atoms with van der Waals surface area (Å²) >= 11 is 0. The standard InChI is InChI=1S/C13H23N3O2S/c1-5-11-14-13(19(17,18)15-9(2)3)12-10(4)7-6-8-16(11)12/h9-10,15H,5-8H2,1-4H3. The van der Waals surface area contributed by atoms with Crippen LogP contribution in [0, 0.1) is 0 Å². The van der Waals surface area contributed by atoms with Crippen LogP contribution in [0.2, 0.25) is 0 Å². The molecular weight excluding hydrogens is 262 g/mol. The number of nitrogens with zero attached hydrogens (tertiary/aromatic N) is 2. The lowest BCUT2D eigenvalue weighted by Gasteiger charge is -2.23. The summed E-state index contributed by atoms with van der Waals surface area (Å²) in [6, 6.07) is -0.119. The molecule has 2 heterocycles. The van der Waals surface area contributed by atoms with E-state index in [0.717, 1.165) is 37.3 Å². The molecule has 5 nitrogen and oxygen atoms in total. The molecule has 0 radical (unpaired) electrons. The number of rotatable bonds is 4. The summed E-state index contributed by atoms with van der Waals surface area (Å²) in [6.07, 6.45) is 2.88. The summed E-state index contributed by atoms with van der Waals surface area (Å²) in [5.41, 5.74) is 0.885. The van der Waals surface area contributed by atoms with E-state index >= 15 is 0 Å². The summed E-state index contributed by atoms with van der Waals surface area (Å²) in [5, 5.41) is 0.241. The van der Waals surface area contributed by atoms with E-state index in [2.05, 4.69) is 21.2 Å². The molecule has 0 saturated carbocycles. The van der Waals surface area contributed by atoms with Crippen LogP contribution in [0.4, 0.5) is 0 Å². The summed E-state index contributed by atoms with van der Waals surface area (Å²) in [6.45, 7) is 8.63. The second-order valence-electron chi connectivity index (χ2n) is 5.54. The van der Waals surface area contributed by atoms with Crippen molar-refractivity contribution in [2.24, 2.45) is 0 Å². The van der Waals surface area contributed by atoms with E-state index in [1.54, 1.807) is 0 Å². The number of hydrogen-bond donors (Lipinski definition) is 1. The van der Waals surface area contributed by atoms with Gasteiger partial charge in [0.05, 0.1) is 5.69 Å². The van der Waals surface area contributed by atoms with E-state index in [4.69, 9.17) is 0 Å². The van der Waals surface area contributed by atoms with E-state index in [-0.39, 0.29) is 17.0 Å². The van der Waals surface area contributed by atoms with Gasteiger partial charge in [0.15, 0.2) is 5.03 Å². The van der Waals surface area contributed by atoms with Gasteiger partial charge in [0, 0.05) is 19.0 Å². The van der Waals surface area contributed by atoms with Crippen LogP contribution in [0.3, 0.4) is 0 Å². The summed E-state index contributed by atoms with van der Waals surface area (Å²) < 4.78 is 29.5. The SMILES string of the molecule is CCc1nc(S(=O)(=O)NC(C)C)c2n1CCCC2C. The van der Waals surface area contributed by atoms with Crippen molar-refractivity contribution in [2.75, 3.05) is 0 Å². The van der Waals surface area contributed by atoms with Gasteiger partial charge in [-0.3, -0.25) is 0 Å². The maximum atomic E-state index is 12.4. The van der Waals surface area contributed by atoms with Crippen molar-refractivity contribution in [3.63, 3.8) is 0 Å². The number of imidazole rings is 1. The number of aromatic nitrogens is 2. The maximum absolute atomic E-state index is 12.4. The molecule has 0 amide bonds. The third-order valence-electron chi connectivity index (χ3n) is 3.50. The Balaban J connectivity index is 2.55.